The minimum atomic E-state index is -0.241. The predicted octanol–water partition coefficient (Wildman–Crippen LogP) is 5.76. The Balaban J connectivity index is 1.34. The first-order chi connectivity index (χ1) is 14.7. The van der Waals surface area contributed by atoms with Gasteiger partial charge in [-0.1, -0.05) is 57.1 Å². The van der Waals surface area contributed by atoms with Gasteiger partial charge < -0.3 is 15.2 Å². The summed E-state index contributed by atoms with van der Waals surface area (Å²) in [7, 11) is 0. The van der Waals surface area contributed by atoms with Crippen LogP contribution in [0.4, 0.5) is 0 Å². The zero-order valence-electron chi connectivity index (χ0n) is 18.7. The Morgan fingerprint density at radius 1 is 0.867 bits per heavy atom. The first-order valence-corrected chi connectivity index (χ1v) is 12.7. The van der Waals surface area contributed by atoms with Crippen LogP contribution >= 0.6 is 0 Å². The number of nitrogens with zero attached hydrogens (tertiary/aromatic N) is 3. The fourth-order valence-corrected chi connectivity index (χ4v) is 6.44. The van der Waals surface area contributed by atoms with Crippen molar-refractivity contribution in [2.45, 2.75) is 95.1 Å². The second kappa shape index (κ2) is 9.00. The third kappa shape index (κ3) is 4.18. The lowest BCUT2D eigenvalue weighted by molar-refractivity contribution is 0.153. The molecule has 3 aliphatic rings. The van der Waals surface area contributed by atoms with E-state index in [-0.39, 0.29) is 5.54 Å². The molecule has 1 saturated heterocycles. The topological polar surface area (TPSA) is 47.1 Å². The molecular formula is C26H40N4. The third-order valence-electron chi connectivity index (χ3n) is 8.20. The molecule has 1 aromatic carbocycles. The van der Waals surface area contributed by atoms with Crippen molar-refractivity contribution in [2.24, 2.45) is 11.7 Å². The van der Waals surface area contributed by atoms with E-state index in [2.05, 4.69) is 33.7 Å². The van der Waals surface area contributed by atoms with Gasteiger partial charge in [0.25, 0.3) is 0 Å². The minimum Gasteiger partial charge on any atom is -0.323 e. The molecule has 0 radical (unpaired) electrons. The monoisotopic (exact) mass is 408 g/mol. The van der Waals surface area contributed by atoms with Crippen molar-refractivity contribution in [3.05, 3.63) is 30.1 Å². The second-order valence-electron chi connectivity index (χ2n) is 10.4. The number of fused-ring (bicyclic) bond motifs is 1. The van der Waals surface area contributed by atoms with Crippen LogP contribution in [-0.2, 0) is 5.54 Å². The van der Waals surface area contributed by atoms with Crippen LogP contribution in [0.3, 0.4) is 0 Å². The van der Waals surface area contributed by atoms with E-state index in [1.165, 1.54) is 102 Å². The van der Waals surface area contributed by atoms with Gasteiger partial charge in [0.05, 0.1) is 16.6 Å². The highest BCUT2D eigenvalue weighted by Crippen LogP contribution is 2.39. The van der Waals surface area contributed by atoms with Crippen LogP contribution in [0.2, 0.25) is 0 Å². The van der Waals surface area contributed by atoms with Gasteiger partial charge in [-0.25, -0.2) is 4.98 Å². The van der Waals surface area contributed by atoms with E-state index in [0.717, 1.165) is 24.3 Å². The molecule has 5 rings (SSSR count). The van der Waals surface area contributed by atoms with Gasteiger partial charge >= 0.3 is 0 Å². The van der Waals surface area contributed by atoms with E-state index in [1.807, 2.05) is 0 Å². The van der Waals surface area contributed by atoms with E-state index in [1.54, 1.807) is 0 Å². The Hall–Kier alpha value is -1.39. The van der Waals surface area contributed by atoms with E-state index < -0.39 is 0 Å². The zero-order valence-corrected chi connectivity index (χ0v) is 18.7. The van der Waals surface area contributed by atoms with Gasteiger partial charge in [0.2, 0.25) is 0 Å². The third-order valence-corrected chi connectivity index (χ3v) is 8.20. The number of rotatable bonds is 4. The van der Waals surface area contributed by atoms with Crippen molar-refractivity contribution in [3.8, 4) is 0 Å². The van der Waals surface area contributed by atoms with Crippen molar-refractivity contribution >= 4 is 11.0 Å². The van der Waals surface area contributed by atoms with Gasteiger partial charge in [-0.3, -0.25) is 0 Å². The minimum absolute atomic E-state index is 0.241. The van der Waals surface area contributed by atoms with Gasteiger partial charge in [0.15, 0.2) is 0 Å². The molecule has 4 nitrogen and oxygen atoms in total. The maximum atomic E-state index is 7.02. The standard InChI is InChI=1S/C26H40N4/c27-26(16-8-3-9-17-26)25-28-23-12-6-7-13-24(23)30(25)22-14-18-29(19-15-22)20-21-10-4-1-2-5-11-21/h6-7,12-13,21-22H,1-5,8-11,14-20,27H2. The number of hydrogen-bond donors (Lipinski definition) is 1. The molecular weight excluding hydrogens is 368 g/mol. The van der Waals surface area contributed by atoms with Crippen LogP contribution in [0.1, 0.15) is 95.3 Å². The average Bonchev–Trinajstić information content (AvgIpc) is 2.99. The van der Waals surface area contributed by atoms with Crippen LogP contribution in [0.15, 0.2) is 24.3 Å². The number of hydrogen-bond acceptors (Lipinski definition) is 3. The molecule has 2 N–H and O–H groups in total. The Kier molecular flexibility index (Phi) is 6.15. The maximum absolute atomic E-state index is 7.02. The van der Waals surface area contributed by atoms with Crippen molar-refractivity contribution in [3.63, 3.8) is 0 Å². The molecule has 2 aromatic rings. The summed E-state index contributed by atoms with van der Waals surface area (Å²) < 4.78 is 2.57. The quantitative estimate of drug-likeness (QED) is 0.654. The first kappa shape index (κ1) is 20.5. The fourth-order valence-electron chi connectivity index (χ4n) is 6.44. The summed E-state index contributed by atoms with van der Waals surface area (Å²) >= 11 is 0. The molecule has 0 bridgehead atoms. The number of imidazole rings is 1. The summed E-state index contributed by atoms with van der Waals surface area (Å²) in [5, 5.41) is 0. The highest BCUT2D eigenvalue weighted by Gasteiger charge is 2.37. The Morgan fingerprint density at radius 3 is 2.27 bits per heavy atom. The lowest BCUT2D eigenvalue weighted by Gasteiger charge is -2.38. The Labute approximate surface area is 182 Å². The summed E-state index contributed by atoms with van der Waals surface area (Å²) in [5.74, 6) is 2.11. The maximum Gasteiger partial charge on any atom is 0.130 e. The SMILES string of the molecule is NC1(c2nc3ccccc3n2C2CCN(CC3CCCCCC3)CC2)CCCCC1. The van der Waals surface area contributed by atoms with Gasteiger partial charge in [-0.15, -0.1) is 0 Å². The molecule has 0 atom stereocenters. The Morgan fingerprint density at radius 2 is 1.53 bits per heavy atom. The van der Waals surface area contributed by atoms with Crippen LogP contribution in [0, 0.1) is 5.92 Å². The highest BCUT2D eigenvalue weighted by molar-refractivity contribution is 5.76. The van der Waals surface area contributed by atoms with Crippen LogP contribution in [-0.4, -0.2) is 34.1 Å². The zero-order chi connectivity index (χ0) is 20.4. The smallest absolute Gasteiger partial charge is 0.130 e. The number of nitrogens with two attached hydrogens (primary N) is 1. The molecule has 164 valence electrons. The molecule has 0 amide bonds. The molecule has 2 aliphatic carbocycles. The van der Waals surface area contributed by atoms with Crippen LogP contribution < -0.4 is 5.73 Å². The average molecular weight is 409 g/mol. The van der Waals surface area contributed by atoms with Crippen molar-refractivity contribution in [2.75, 3.05) is 19.6 Å². The normalized spacial score (nSPS) is 24.8. The number of aromatic nitrogens is 2. The molecule has 1 aromatic heterocycles. The molecule has 2 heterocycles. The number of para-hydroxylation sites is 2. The summed E-state index contributed by atoms with van der Waals surface area (Å²) in [6.45, 7) is 3.78. The predicted molar refractivity (Wildman–Crippen MR) is 125 cm³/mol. The molecule has 1 aliphatic heterocycles. The van der Waals surface area contributed by atoms with Gasteiger partial charge in [0, 0.05) is 25.7 Å². The van der Waals surface area contributed by atoms with E-state index >= 15 is 0 Å². The molecule has 0 unspecified atom stereocenters. The van der Waals surface area contributed by atoms with Crippen LogP contribution in [0.5, 0.6) is 0 Å². The van der Waals surface area contributed by atoms with E-state index in [4.69, 9.17) is 10.7 Å². The number of piperidine rings is 1. The van der Waals surface area contributed by atoms with Gasteiger partial charge in [-0.2, -0.15) is 0 Å². The lowest BCUT2D eigenvalue weighted by atomic mass is 9.81. The number of benzene rings is 1. The summed E-state index contributed by atoms with van der Waals surface area (Å²) in [5.41, 5.74) is 9.21. The number of likely N-dealkylation sites (tertiary alicyclic amines) is 1. The summed E-state index contributed by atoms with van der Waals surface area (Å²) in [6, 6.07) is 9.25. The van der Waals surface area contributed by atoms with Crippen molar-refractivity contribution in [1.82, 2.24) is 14.5 Å². The van der Waals surface area contributed by atoms with Gasteiger partial charge in [-0.05, 0) is 56.6 Å². The molecule has 3 fully saturated rings. The van der Waals surface area contributed by atoms with Crippen molar-refractivity contribution < 1.29 is 0 Å². The van der Waals surface area contributed by atoms with E-state index in [0.29, 0.717) is 6.04 Å². The Bertz CT molecular complexity index is 819. The fraction of sp³-hybridized carbons (Fsp3) is 0.731. The lowest BCUT2D eigenvalue weighted by Crippen LogP contribution is -2.43. The van der Waals surface area contributed by atoms with Crippen molar-refractivity contribution in [1.29, 1.82) is 0 Å². The van der Waals surface area contributed by atoms with E-state index in [9.17, 15) is 0 Å². The highest BCUT2D eigenvalue weighted by atomic mass is 15.2. The molecule has 30 heavy (non-hydrogen) atoms. The molecule has 0 spiro atoms. The summed E-state index contributed by atoms with van der Waals surface area (Å²) in [4.78, 5) is 7.88. The largest absolute Gasteiger partial charge is 0.323 e. The molecule has 4 heteroatoms. The van der Waals surface area contributed by atoms with Crippen LogP contribution in [0.25, 0.3) is 11.0 Å². The second-order valence-corrected chi connectivity index (χ2v) is 10.4. The van der Waals surface area contributed by atoms with Gasteiger partial charge in [0.1, 0.15) is 5.82 Å². The summed E-state index contributed by atoms with van der Waals surface area (Å²) in [6.07, 6.45) is 17.1. The molecule has 2 saturated carbocycles. The first-order valence-electron chi connectivity index (χ1n) is 12.7.